The summed E-state index contributed by atoms with van der Waals surface area (Å²) in [6.07, 6.45) is 15.0. The molecule has 1 aromatic heterocycles. The zero-order valence-electron chi connectivity index (χ0n) is 34.1. The molecule has 0 radical (unpaired) electrons. The van der Waals surface area contributed by atoms with Crippen molar-refractivity contribution in [2.45, 2.75) is 33.9 Å². The Morgan fingerprint density at radius 2 is 1.12 bits per heavy atom. The molecular weight excluding hydrogens is 945 g/mol. The largest absolute Gasteiger partial charge is 0.456 e. The minimum Gasteiger partial charge on any atom is -0.456 e. The predicted molar refractivity (Wildman–Crippen MR) is 258 cm³/mol. The van der Waals surface area contributed by atoms with Gasteiger partial charge in [-0.2, -0.15) is 25.3 Å². The molecule has 3 aliphatic rings. The number of hydrogen-bond acceptors (Lipinski definition) is 10. The van der Waals surface area contributed by atoms with Gasteiger partial charge in [0.25, 0.3) is 36.8 Å². The smallest absolute Gasteiger partial charge is 0.294 e. The van der Waals surface area contributed by atoms with Crippen molar-refractivity contribution in [3.63, 3.8) is 0 Å². The highest BCUT2D eigenvalue weighted by Crippen LogP contribution is 2.52. The number of thioether (sulfide) groups is 2. The van der Waals surface area contributed by atoms with E-state index in [9.17, 15) is 43.7 Å². The summed E-state index contributed by atoms with van der Waals surface area (Å²) >= 11 is 4.40. The van der Waals surface area contributed by atoms with Crippen LogP contribution in [0.2, 0.25) is 0 Å². The Morgan fingerprint density at radius 1 is 0.631 bits per heavy atom. The lowest BCUT2D eigenvalue weighted by molar-refractivity contribution is -0.126. The van der Waals surface area contributed by atoms with E-state index in [0.717, 1.165) is 77.1 Å². The lowest BCUT2D eigenvalue weighted by atomic mass is 9.84. The quantitative estimate of drug-likeness (QED) is 0.0314. The summed E-state index contributed by atoms with van der Waals surface area (Å²) in [5, 5.41) is 0. The SMILES string of the molecule is O=COCSC1=C(/C=C/c2cc(-c3ccccc3)[s+]c(-c3ccc(S(=O)(=O)O)cc3)c2)C2CCC(C2)/C1=C\C=C1C=C(c2ccc(S(=O)(=O)O)cc2)SC(c2ccc(S(=O)(=O)O)cc2)=C1. The van der Waals surface area contributed by atoms with E-state index in [2.05, 4.69) is 24.3 Å². The van der Waals surface area contributed by atoms with Crippen LogP contribution in [0.1, 0.15) is 36.0 Å². The van der Waals surface area contributed by atoms with E-state index in [4.69, 9.17) is 4.74 Å². The van der Waals surface area contributed by atoms with Crippen molar-refractivity contribution in [2.24, 2.45) is 11.8 Å². The van der Waals surface area contributed by atoms with Gasteiger partial charge in [0.15, 0.2) is 0 Å². The molecule has 4 aromatic carbocycles. The number of carbonyl (C=O) groups is 1. The molecule has 1 saturated carbocycles. The fourth-order valence-corrected chi connectivity index (χ4v) is 12.7. The Morgan fingerprint density at radius 3 is 1.63 bits per heavy atom. The van der Waals surface area contributed by atoms with E-state index in [1.807, 2.05) is 54.6 Å². The zero-order chi connectivity index (χ0) is 45.9. The molecule has 0 spiro atoms. The second kappa shape index (κ2) is 19.3. The third-order valence-electron chi connectivity index (χ3n) is 11.1. The van der Waals surface area contributed by atoms with Crippen LogP contribution >= 0.6 is 34.9 Å². The van der Waals surface area contributed by atoms with Gasteiger partial charge < -0.3 is 4.74 Å². The molecule has 5 aromatic rings. The van der Waals surface area contributed by atoms with Crippen molar-refractivity contribution in [3.05, 3.63) is 184 Å². The Kier molecular flexibility index (Phi) is 13.8. The number of rotatable bonds is 14. The van der Waals surface area contributed by atoms with E-state index in [-0.39, 0.29) is 32.5 Å². The van der Waals surface area contributed by atoms with Crippen molar-refractivity contribution in [2.75, 3.05) is 5.94 Å². The highest BCUT2D eigenvalue weighted by atomic mass is 32.2. The molecule has 0 saturated heterocycles. The van der Waals surface area contributed by atoms with E-state index in [1.165, 1.54) is 59.9 Å². The monoisotopic (exact) mass is 983 g/mol. The van der Waals surface area contributed by atoms with Gasteiger partial charge in [-0.3, -0.25) is 18.5 Å². The van der Waals surface area contributed by atoms with Gasteiger partial charge in [0, 0.05) is 38.0 Å². The van der Waals surface area contributed by atoms with Crippen molar-refractivity contribution in [3.8, 4) is 20.9 Å². The lowest BCUT2D eigenvalue weighted by Gasteiger charge is -2.27. The van der Waals surface area contributed by atoms with Gasteiger partial charge in [-0.1, -0.05) is 90.3 Å². The summed E-state index contributed by atoms with van der Waals surface area (Å²) in [7, 11) is -13.2. The highest BCUT2D eigenvalue weighted by Gasteiger charge is 2.37. The molecule has 17 heteroatoms. The van der Waals surface area contributed by atoms with Gasteiger partial charge in [-0.25, -0.2) is 0 Å². The van der Waals surface area contributed by atoms with Gasteiger partial charge in [-0.15, -0.1) is 0 Å². The zero-order valence-corrected chi connectivity index (χ0v) is 39.0. The van der Waals surface area contributed by atoms with Crippen LogP contribution in [0.15, 0.2) is 182 Å². The van der Waals surface area contributed by atoms with Crippen LogP contribution in [0.5, 0.6) is 0 Å². The number of ether oxygens (including phenoxy) is 1. The van der Waals surface area contributed by atoms with Crippen molar-refractivity contribution >= 4 is 87.6 Å². The summed E-state index contributed by atoms with van der Waals surface area (Å²) in [4.78, 5) is 15.1. The van der Waals surface area contributed by atoms with Crippen molar-refractivity contribution in [1.82, 2.24) is 0 Å². The number of hydrogen-bond donors (Lipinski definition) is 3. The molecule has 1 aliphatic heterocycles. The molecule has 65 heavy (non-hydrogen) atoms. The summed E-state index contributed by atoms with van der Waals surface area (Å²) in [6.45, 7) is 0.426. The first-order chi connectivity index (χ1) is 31.0. The molecule has 2 unspecified atom stereocenters. The normalized spacial score (nSPS) is 18.4. The highest BCUT2D eigenvalue weighted by molar-refractivity contribution is 8.16. The van der Waals surface area contributed by atoms with Crippen LogP contribution in [0.25, 0.3) is 36.8 Å². The van der Waals surface area contributed by atoms with Gasteiger partial charge in [-0.05, 0) is 137 Å². The molecule has 0 amide bonds. The first-order valence-corrected chi connectivity index (χ1v) is 26.9. The number of benzene rings is 4. The molecule has 1 fully saturated rings. The molecule has 2 atom stereocenters. The topological polar surface area (TPSA) is 189 Å². The van der Waals surface area contributed by atoms with E-state index in [0.29, 0.717) is 17.6 Å². The molecule has 11 nitrogen and oxygen atoms in total. The van der Waals surface area contributed by atoms with Crippen LogP contribution in [0.4, 0.5) is 0 Å². The van der Waals surface area contributed by atoms with Crippen LogP contribution in [0, 0.1) is 11.8 Å². The predicted octanol–water partition coefficient (Wildman–Crippen LogP) is 11.3. The van der Waals surface area contributed by atoms with Crippen LogP contribution < -0.4 is 0 Å². The standard InChI is InChI=1S/C48H38O11S6/c49-29-59-30-60-48-42(22-6-31-24-44(33-4-2-1-3-5-33)61-45(25-31)34-10-16-39(17-11-34)63(50,51)52)37-8-9-38(28-37)43(48)23-7-32-26-46(35-12-18-40(19-13-35)64(53,54)55)62-47(27-32)36-14-20-41(21-15-36)65(56,57)58/h1-7,10-27,29,37-38H,8-9,28,30H2,(H2-,50,51,52,53,54,55,56,57,58)/p+1. The number of allylic oxidation sites excluding steroid dienone is 8. The number of carbonyl (C=O) groups excluding carboxylic acids is 1. The third kappa shape index (κ3) is 11.1. The molecule has 8 rings (SSSR count). The molecule has 2 heterocycles. The van der Waals surface area contributed by atoms with Gasteiger partial charge in [0.05, 0.1) is 14.7 Å². The Bertz CT molecular complexity index is 3100. The first-order valence-electron chi connectivity index (χ1n) is 19.9. The summed E-state index contributed by atoms with van der Waals surface area (Å²) in [5.41, 5.74) is 7.07. The average molecular weight is 984 g/mol. The minimum atomic E-state index is -4.42. The Balaban J connectivity index is 1.21. The second-order valence-electron chi connectivity index (χ2n) is 15.2. The molecular formula is C48H39O11S6+. The summed E-state index contributed by atoms with van der Waals surface area (Å²) < 4.78 is 105. The molecule has 2 aliphatic carbocycles. The summed E-state index contributed by atoms with van der Waals surface area (Å²) in [5.74, 6) is 0.592. The first kappa shape index (κ1) is 46.3. The third-order valence-corrected chi connectivity index (χ3v) is 17.0. The lowest BCUT2D eigenvalue weighted by Crippen LogP contribution is -2.13. The van der Waals surface area contributed by atoms with Crippen LogP contribution in [-0.4, -0.2) is 51.3 Å². The maximum atomic E-state index is 11.8. The van der Waals surface area contributed by atoms with Crippen LogP contribution in [0.3, 0.4) is 0 Å². The van der Waals surface area contributed by atoms with Crippen molar-refractivity contribution < 1.29 is 48.4 Å². The minimum absolute atomic E-state index is 0.0995. The van der Waals surface area contributed by atoms with Crippen molar-refractivity contribution in [1.29, 1.82) is 0 Å². The fraction of sp³-hybridized carbons (Fsp3) is 0.125. The molecule has 2 bridgehead atoms. The van der Waals surface area contributed by atoms with Crippen LogP contribution in [-0.2, 0) is 39.9 Å². The Hall–Kier alpha value is -5.21. The number of fused-ring (bicyclic) bond motifs is 2. The Labute approximate surface area is 389 Å². The average Bonchev–Trinajstić information content (AvgIpc) is 3.73. The van der Waals surface area contributed by atoms with E-state index in [1.54, 1.807) is 47.7 Å². The van der Waals surface area contributed by atoms with E-state index >= 15 is 0 Å². The van der Waals surface area contributed by atoms with Gasteiger partial charge in [0.1, 0.15) is 5.94 Å². The molecule has 3 N–H and O–H groups in total. The van der Waals surface area contributed by atoms with E-state index < -0.39 is 30.4 Å². The fourth-order valence-electron chi connectivity index (χ4n) is 7.95. The maximum Gasteiger partial charge on any atom is 0.294 e. The van der Waals surface area contributed by atoms with Gasteiger partial charge in [0.2, 0.25) is 21.1 Å². The second-order valence-corrected chi connectivity index (χ2v) is 22.6. The summed E-state index contributed by atoms with van der Waals surface area (Å²) in [6, 6.07) is 31.9. The van der Waals surface area contributed by atoms with Gasteiger partial charge >= 0.3 is 0 Å². The maximum absolute atomic E-state index is 11.8. The molecule has 332 valence electrons.